The maximum absolute atomic E-state index is 15.0. The van der Waals surface area contributed by atoms with Gasteiger partial charge in [-0.3, -0.25) is 14.3 Å². The monoisotopic (exact) mass is 345 g/mol. The van der Waals surface area contributed by atoms with Crippen LogP contribution in [0.5, 0.6) is 0 Å². The summed E-state index contributed by atoms with van der Waals surface area (Å²) in [6, 6.07) is 1.01. The summed E-state index contributed by atoms with van der Waals surface area (Å²) >= 11 is 0. The topological polar surface area (TPSA) is 138 Å². The van der Waals surface area contributed by atoms with Gasteiger partial charge in [0.15, 0.2) is 18.9 Å². The van der Waals surface area contributed by atoms with Crippen LogP contribution in [0.3, 0.4) is 0 Å². The van der Waals surface area contributed by atoms with Crippen molar-refractivity contribution in [3.8, 4) is 0 Å². The summed E-state index contributed by atoms with van der Waals surface area (Å²) in [5.74, 6) is -2.73. The van der Waals surface area contributed by atoms with Gasteiger partial charge in [-0.05, 0) is 0 Å². The van der Waals surface area contributed by atoms with Gasteiger partial charge >= 0.3 is 17.9 Å². The Kier molecular flexibility index (Phi) is 3.75. The van der Waals surface area contributed by atoms with E-state index < -0.39 is 54.4 Å². The maximum Gasteiger partial charge on any atom is 0.509 e. The molecule has 2 N–H and O–H groups in total. The molecule has 1 amide bonds. The number of nitrogens with zero attached hydrogens (tertiary/aromatic N) is 1. The predicted octanol–water partition coefficient (Wildman–Crippen LogP) is -1.01. The molecular weight excluding hydrogens is 333 g/mol. The number of amides is 1. The van der Waals surface area contributed by atoms with Crippen molar-refractivity contribution >= 4 is 12.2 Å². The summed E-state index contributed by atoms with van der Waals surface area (Å²) in [6.45, 7) is -0.904. The van der Waals surface area contributed by atoms with Gasteiger partial charge in [0.05, 0.1) is 0 Å². The van der Waals surface area contributed by atoms with Crippen LogP contribution in [0.25, 0.3) is 0 Å². The minimum Gasteiger partial charge on any atom is -0.443 e. The number of halogens is 1. The van der Waals surface area contributed by atoms with Gasteiger partial charge in [-0.25, -0.2) is 18.8 Å². The molecule has 2 aliphatic rings. The number of ether oxygens (including phenoxy) is 4. The van der Waals surface area contributed by atoms with E-state index in [1.165, 1.54) is 7.05 Å². The van der Waals surface area contributed by atoms with E-state index in [1.54, 1.807) is 0 Å². The van der Waals surface area contributed by atoms with E-state index in [0.29, 0.717) is 0 Å². The largest absolute Gasteiger partial charge is 0.509 e. The second-order valence-electron chi connectivity index (χ2n) is 5.01. The van der Waals surface area contributed by atoms with Crippen LogP contribution >= 0.6 is 0 Å². The van der Waals surface area contributed by atoms with E-state index in [9.17, 15) is 19.2 Å². The van der Waals surface area contributed by atoms with Crippen molar-refractivity contribution in [2.45, 2.75) is 24.3 Å². The number of carbonyl (C=O) groups is 2. The van der Waals surface area contributed by atoms with E-state index in [0.717, 1.165) is 16.8 Å². The molecule has 0 aliphatic carbocycles. The average Bonchev–Trinajstić information content (AvgIpc) is 3.03. The Morgan fingerprint density at radius 3 is 2.88 bits per heavy atom. The van der Waals surface area contributed by atoms with Crippen LogP contribution in [-0.4, -0.2) is 53.5 Å². The first-order chi connectivity index (χ1) is 11.3. The van der Waals surface area contributed by atoms with Gasteiger partial charge in [0, 0.05) is 19.3 Å². The zero-order valence-electron chi connectivity index (χ0n) is 12.2. The number of aromatic nitrogens is 2. The summed E-state index contributed by atoms with van der Waals surface area (Å²) < 4.78 is 35.1. The quantitative estimate of drug-likeness (QED) is 0.665. The Morgan fingerprint density at radius 2 is 2.21 bits per heavy atom. The Balaban J connectivity index is 1.91. The van der Waals surface area contributed by atoms with Gasteiger partial charge in [-0.2, -0.15) is 0 Å². The lowest BCUT2D eigenvalue weighted by atomic mass is 10.1. The molecule has 3 heterocycles. The molecular formula is C12H12FN3O8. The van der Waals surface area contributed by atoms with E-state index >= 15 is 4.39 Å². The molecule has 2 saturated heterocycles. The number of carbonyl (C=O) groups excluding carboxylic acids is 2. The zero-order valence-corrected chi connectivity index (χ0v) is 12.2. The first kappa shape index (κ1) is 16.0. The van der Waals surface area contributed by atoms with E-state index in [4.69, 9.17) is 14.2 Å². The van der Waals surface area contributed by atoms with Crippen molar-refractivity contribution in [1.82, 2.24) is 14.9 Å². The third-order valence-electron chi connectivity index (χ3n) is 3.51. The predicted molar refractivity (Wildman–Crippen MR) is 70.8 cm³/mol. The van der Waals surface area contributed by atoms with Gasteiger partial charge in [0.2, 0.25) is 6.10 Å². The minimum atomic E-state index is -2.73. The Hall–Kier alpha value is -2.89. The second kappa shape index (κ2) is 5.63. The van der Waals surface area contributed by atoms with Crippen LogP contribution in [0.1, 0.15) is 6.23 Å². The van der Waals surface area contributed by atoms with Crippen molar-refractivity contribution in [1.29, 1.82) is 0 Å². The van der Waals surface area contributed by atoms with Gasteiger partial charge in [-0.15, -0.1) is 0 Å². The Labute approximate surface area is 132 Å². The summed E-state index contributed by atoms with van der Waals surface area (Å²) in [6.07, 6.45) is -5.30. The van der Waals surface area contributed by atoms with E-state index in [1.807, 2.05) is 4.98 Å². The number of H-pyrrole nitrogens is 1. The van der Waals surface area contributed by atoms with Crippen LogP contribution < -0.4 is 16.6 Å². The lowest BCUT2D eigenvalue weighted by Crippen LogP contribution is -2.43. The molecule has 0 saturated carbocycles. The molecule has 0 spiro atoms. The fourth-order valence-corrected chi connectivity index (χ4v) is 2.44. The highest BCUT2D eigenvalue weighted by molar-refractivity contribution is 5.66. The molecule has 130 valence electrons. The summed E-state index contributed by atoms with van der Waals surface area (Å²) in [5, 5.41) is 2.12. The van der Waals surface area contributed by atoms with Crippen LogP contribution in [0.15, 0.2) is 21.9 Å². The highest BCUT2D eigenvalue weighted by Gasteiger charge is 2.65. The number of nitrogens with one attached hydrogen (secondary N) is 2. The number of aromatic amines is 1. The second-order valence-corrected chi connectivity index (χ2v) is 5.01. The molecule has 2 aliphatic heterocycles. The third kappa shape index (κ3) is 2.60. The van der Waals surface area contributed by atoms with Crippen LogP contribution in [-0.2, 0) is 18.9 Å². The molecule has 4 atom stereocenters. The van der Waals surface area contributed by atoms with Crippen molar-refractivity contribution < 1.29 is 32.9 Å². The SMILES string of the molecule is CNC(=O)OC[C@@]1(F)O[C@@H](n2ccc(=O)[nH]c2=O)[C@@H]2OC(=O)O[C@@H]21. The third-order valence-corrected chi connectivity index (χ3v) is 3.51. The molecule has 24 heavy (non-hydrogen) atoms. The zero-order chi connectivity index (χ0) is 17.5. The molecule has 0 aromatic carbocycles. The molecule has 0 unspecified atom stereocenters. The number of rotatable bonds is 3. The minimum absolute atomic E-state index is 0.667. The van der Waals surface area contributed by atoms with Crippen LogP contribution in [0.2, 0.25) is 0 Å². The van der Waals surface area contributed by atoms with E-state index in [-0.39, 0.29) is 0 Å². The first-order valence-electron chi connectivity index (χ1n) is 6.74. The fourth-order valence-electron chi connectivity index (χ4n) is 2.44. The Bertz CT molecular complexity index is 791. The average molecular weight is 345 g/mol. The summed E-state index contributed by atoms with van der Waals surface area (Å²) in [5.41, 5.74) is -1.56. The number of hydrogen-bond acceptors (Lipinski definition) is 8. The number of hydrogen-bond donors (Lipinski definition) is 2. The first-order valence-corrected chi connectivity index (χ1v) is 6.74. The summed E-state index contributed by atoms with van der Waals surface area (Å²) in [4.78, 5) is 47.4. The van der Waals surface area contributed by atoms with Gasteiger partial charge in [-0.1, -0.05) is 0 Å². The molecule has 1 aromatic heterocycles. The van der Waals surface area contributed by atoms with Gasteiger partial charge in [0.25, 0.3) is 11.4 Å². The smallest absolute Gasteiger partial charge is 0.443 e. The highest BCUT2D eigenvalue weighted by Crippen LogP contribution is 2.44. The summed E-state index contributed by atoms with van der Waals surface area (Å²) in [7, 11) is 1.27. The maximum atomic E-state index is 15.0. The van der Waals surface area contributed by atoms with Crippen molar-refractivity contribution in [2.24, 2.45) is 0 Å². The Morgan fingerprint density at radius 1 is 1.46 bits per heavy atom. The highest BCUT2D eigenvalue weighted by atomic mass is 19.2. The van der Waals surface area contributed by atoms with Crippen molar-refractivity contribution in [3.63, 3.8) is 0 Å². The van der Waals surface area contributed by atoms with Crippen molar-refractivity contribution in [2.75, 3.05) is 13.7 Å². The molecule has 11 nitrogen and oxygen atoms in total. The number of fused-ring (bicyclic) bond motifs is 1. The molecule has 0 radical (unpaired) electrons. The molecule has 12 heteroatoms. The van der Waals surface area contributed by atoms with Crippen molar-refractivity contribution in [3.05, 3.63) is 33.1 Å². The lowest BCUT2D eigenvalue weighted by molar-refractivity contribution is -0.210. The fraction of sp³-hybridized carbons (Fsp3) is 0.500. The molecule has 2 fully saturated rings. The lowest BCUT2D eigenvalue weighted by Gasteiger charge is -2.23. The molecule has 0 bridgehead atoms. The van der Waals surface area contributed by atoms with Crippen LogP contribution in [0.4, 0.5) is 14.0 Å². The normalized spacial score (nSPS) is 31.1. The van der Waals surface area contributed by atoms with Gasteiger partial charge in [0.1, 0.15) is 0 Å². The molecule has 3 rings (SSSR count). The van der Waals surface area contributed by atoms with Gasteiger partial charge < -0.3 is 24.3 Å². The van der Waals surface area contributed by atoms with Crippen LogP contribution in [0, 0.1) is 0 Å². The van der Waals surface area contributed by atoms with E-state index in [2.05, 4.69) is 10.1 Å². The number of alkyl carbamates (subject to hydrolysis) is 1. The molecule has 1 aromatic rings. The standard InChI is InChI=1S/C12H12FN3O8/c1-14-10(19)21-4-12(13)7-6(22-11(20)23-7)8(24-12)16-3-2-5(17)15-9(16)18/h2-3,6-8H,4H2,1H3,(H,14,19)(H,15,17,18)/t6-,7+,8-,12-/m1/s1. The number of alkyl halides is 1.